The van der Waals surface area contributed by atoms with E-state index < -0.39 is 0 Å². The van der Waals surface area contributed by atoms with Crippen molar-refractivity contribution in [1.29, 1.82) is 0 Å². The van der Waals surface area contributed by atoms with E-state index in [9.17, 15) is 9.59 Å². The van der Waals surface area contributed by atoms with Crippen molar-refractivity contribution in [3.05, 3.63) is 29.3 Å². The summed E-state index contributed by atoms with van der Waals surface area (Å²) in [5, 5.41) is 6.36. The number of aryl methyl sites for hydroxylation is 1. The molecular formula is C24H40N4O2+2. The van der Waals surface area contributed by atoms with Gasteiger partial charge in [0.25, 0.3) is 11.8 Å². The SMILES string of the molecule is Cc1cccc(NC(=O)C[NH+]2CC[NH+](CC(=O)N[C@@H]3CCC[C@H](C)[C@@H]3C)CC2)c1C. The lowest BCUT2D eigenvalue weighted by Crippen LogP contribution is -3.28. The quantitative estimate of drug-likeness (QED) is 0.526. The maximum absolute atomic E-state index is 12.6. The van der Waals surface area contributed by atoms with E-state index in [0.29, 0.717) is 31.0 Å². The third kappa shape index (κ3) is 6.05. The molecule has 0 unspecified atom stereocenters. The van der Waals surface area contributed by atoms with E-state index in [1.807, 2.05) is 19.1 Å². The van der Waals surface area contributed by atoms with Crippen LogP contribution in [-0.4, -0.2) is 57.1 Å². The van der Waals surface area contributed by atoms with Crippen LogP contribution in [0.4, 0.5) is 5.69 Å². The van der Waals surface area contributed by atoms with E-state index in [4.69, 9.17) is 0 Å². The molecular weight excluding hydrogens is 376 g/mol. The molecule has 1 aromatic rings. The lowest BCUT2D eigenvalue weighted by molar-refractivity contribution is -1.00. The summed E-state index contributed by atoms with van der Waals surface area (Å²) in [6.45, 7) is 13.5. The number of piperazine rings is 1. The number of amides is 2. The zero-order valence-corrected chi connectivity index (χ0v) is 19.1. The first-order valence-corrected chi connectivity index (χ1v) is 11.7. The van der Waals surface area contributed by atoms with E-state index in [1.165, 1.54) is 28.2 Å². The van der Waals surface area contributed by atoms with Crippen LogP contribution in [0.15, 0.2) is 18.2 Å². The monoisotopic (exact) mass is 416 g/mol. The summed E-state index contributed by atoms with van der Waals surface area (Å²) in [5.74, 6) is 1.51. The van der Waals surface area contributed by atoms with Gasteiger partial charge in [-0.1, -0.05) is 38.8 Å². The van der Waals surface area contributed by atoms with Crippen molar-refractivity contribution in [2.24, 2.45) is 11.8 Å². The maximum Gasteiger partial charge on any atom is 0.279 e. The average molecular weight is 417 g/mol. The van der Waals surface area contributed by atoms with E-state index in [-0.39, 0.29) is 11.8 Å². The Bertz CT molecular complexity index is 743. The zero-order valence-electron chi connectivity index (χ0n) is 19.1. The van der Waals surface area contributed by atoms with Gasteiger partial charge in [0, 0.05) is 11.7 Å². The molecule has 3 atom stereocenters. The molecule has 1 aromatic carbocycles. The molecule has 0 aromatic heterocycles. The first-order chi connectivity index (χ1) is 14.3. The maximum atomic E-state index is 12.6. The minimum absolute atomic E-state index is 0.0697. The molecule has 166 valence electrons. The van der Waals surface area contributed by atoms with Crippen molar-refractivity contribution in [2.45, 2.75) is 53.0 Å². The standard InChI is InChI=1S/C24H38N4O2/c1-17-7-5-9-21(19(17)3)25-23(29)15-27-11-13-28(14-12-27)16-24(30)26-22-10-6-8-18(2)20(22)4/h5,7,9,18,20,22H,6,8,10-16H2,1-4H3,(H,25,29)(H,26,30)/p+2/t18-,20-,22+/m0/s1. The Morgan fingerprint density at radius 2 is 1.60 bits per heavy atom. The first-order valence-electron chi connectivity index (χ1n) is 11.7. The van der Waals surface area contributed by atoms with Crippen molar-refractivity contribution in [3.63, 3.8) is 0 Å². The van der Waals surface area contributed by atoms with Crippen LogP contribution in [0.1, 0.15) is 44.2 Å². The normalized spacial score (nSPS) is 29.3. The number of carbonyl (C=O) groups is 2. The minimum atomic E-state index is 0.0697. The minimum Gasteiger partial charge on any atom is -0.348 e. The molecule has 6 nitrogen and oxygen atoms in total. The van der Waals surface area contributed by atoms with Gasteiger partial charge in [-0.2, -0.15) is 0 Å². The molecule has 6 heteroatoms. The van der Waals surface area contributed by atoms with Crippen LogP contribution in [0.5, 0.6) is 0 Å². The summed E-state index contributed by atoms with van der Waals surface area (Å²) >= 11 is 0. The van der Waals surface area contributed by atoms with Crippen LogP contribution in [0.2, 0.25) is 0 Å². The van der Waals surface area contributed by atoms with Crippen molar-refractivity contribution in [2.75, 3.05) is 44.6 Å². The smallest absolute Gasteiger partial charge is 0.279 e. The molecule has 1 aliphatic carbocycles. The summed E-state index contributed by atoms with van der Waals surface area (Å²) in [7, 11) is 0. The van der Waals surface area contributed by atoms with Gasteiger partial charge in [0.05, 0.1) is 0 Å². The highest BCUT2D eigenvalue weighted by Crippen LogP contribution is 2.29. The summed E-state index contributed by atoms with van der Waals surface area (Å²) in [6.07, 6.45) is 3.61. The van der Waals surface area contributed by atoms with E-state index in [0.717, 1.165) is 43.9 Å². The molecule has 1 aliphatic heterocycles. The second-order valence-electron chi connectivity index (χ2n) is 9.59. The van der Waals surface area contributed by atoms with Gasteiger partial charge in [0.1, 0.15) is 26.2 Å². The number of benzene rings is 1. The predicted molar refractivity (Wildman–Crippen MR) is 120 cm³/mol. The van der Waals surface area contributed by atoms with Crippen molar-refractivity contribution in [1.82, 2.24) is 5.32 Å². The van der Waals surface area contributed by atoms with E-state index >= 15 is 0 Å². The largest absolute Gasteiger partial charge is 0.348 e. The second kappa shape index (κ2) is 10.4. The lowest BCUT2D eigenvalue weighted by Gasteiger charge is -2.35. The topological polar surface area (TPSA) is 67.1 Å². The number of anilines is 1. The summed E-state index contributed by atoms with van der Waals surface area (Å²) < 4.78 is 0. The average Bonchev–Trinajstić information content (AvgIpc) is 2.70. The first kappa shape index (κ1) is 22.8. The fraction of sp³-hybridized carbons (Fsp3) is 0.667. The molecule has 1 saturated carbocycles. The molecule has 0 radical (unpaired) electrons. The Morgan fingerprint density at radius 1 is 0.967 bits per heavy atom. The molecule has 30 heavy (non-hydrogen) atoms. The van der Waals surface area contributed by atoms with Crippen LogP contribution >= 0.6 is 0 Å². The Kier molecular flexibility index (Phi) is 7.89. The van der Waals surface area contributed by atoms with Gasteiger partial charge >= 0.3 is 0 Å². The fourth-order valence-electron chi connectivity index (χ4n) is 4.89. The van der Waals surface area contributed by atoms with E-state index in [1.54, 1.807) is 0 Å². The molecule has 0 bridgehead atoms. The molecule has 1 heterocycles. The van der Waals surface area contributed by atoms with Gasteiger partial charge < -0.3 is 20.4 Å². The van der Waals surface area contributed by atoms with Crippen LogP contribution in [0.25, 0.3) is 0 Å². The number of hydrogen-bond donors (Lipinski definition) is 4. The van der Waals surface area contributed by atoms with Crippen LogP contribution < -0.4 is 20.4 Å². The highest BCUT2D eigenvalue weighted by atomic mass is 16.2. The predicted octanol–water partition coefficient (Wildman–Crippen LogP) is -0.0338. The number of hydrogen-bond acceptors (Lipinski definition) is 2. The Hall–Kier alpha value is -1.92. The van der Waals surface area contributed by atoms with Crippen LogP contribution in [-0.2, 0) is 9.59 Å². The van der Waals surface area contributed by atoms with Gasteiger partial charge in [0.15, 0.2) is 13.1 Å². The van der Waals surface area contributed by atoms with Gasteiger partial charge in [-0.25, -0.2) is 0 Å². The molecule has 2 fully saturated rings. The molecule has 4 N–H and O–H groups in total. The molecule has 2 amide bonds. The third-order valence-electron chi connectivity index (χ3n) is 7.42. The van der Waals surface area contributed by atoms with Gasteiger partial charge in [-0.3, -0.25) is 9.59 Å². The summed E-state index contributed by atoms with van der Waals surface area (Å²) in [4.78, 5) is 27.7. The van der Waals surface area contributed by atoms with Gasteiger partial charge in [0.2, 0.25) is 0 Å². The summed E-state index contributed by atoms with van der Waals surface area (Å²) in [5.41, 5.74) is 3.22. The zero-order chi connectivity index (χ0) is 21.7. The molecule has 0 spiro atoms. The van der Waals surface area contributed by atoms with Gasteiger partial charge in [-0.05, 0) is 49.3 Å². The fourth-order valence-corrected chi connectivity index (χ4v) is 4.89. The number of carbonyl (C=O) groups excluding carboxylic acids is 2. The van der Waals surface area contributed by atoms with Crippen LogP contribution in [0, 0.1) is 25.7 Å². The number of rotatable bonds is 6. The second-order valence-corrected chi connectivity index (χ2v) is 9.59. The molecule has 2 aliphatic rings. The molecule has 1 saturated heterocycles. The lowest BCUT2D eigenvalue weighted by atomic mass is 9.78. The van der Waals surface area contributed by atoms with Crippen molar-refractivity contribution in [3.8, 4) is 0 Å². The van der Waals surface area contributed by atoms with Gasteiger partial charge in [-0.15, -0.1) is 0 Å². The summed E-state index contributed by atoms with van der Waals surface area (Å²) in [6, 6.07) is 6.34. The van der Waals surface area contributed by atoms with Crippen molar-refractivity contribution >= 4 is 17.5 Å². The van der Waals surface area contributed by atoms with E-state index in [2.05, 4.69) is 37.5 Å². The number of nitrogens with one attached hydrogen (secondary N) is 4. The Balaban J connectivity index is 1.38. The third-order valence-corrected chi connectivity index (χ3v) is 7.42. The number of quaternary nitrogens is 2. The highest BCUT2D eigenvalue weighted by Gasteiger charge is 2.30. The van der Waals surface area contributed by atoms with Crippen molar-refractivity contribution < 1.29 is 19.4 Å². The Labute approximate surface area is 181 Å². The highest BCUT2D eigenvalue weighted by molar-refractivity contribution is 5.92. The van der Waals surface area contributed by atoms with Crippen LogP contribution in [0.3, 0.4) is 0 Å². The Morgan fingerprint density at radius 3 is 2.27 bits per heavy atom. The molecule has 3 rings (SSSR count).